The number of nitrogens with one attached hydrogen (secondary N) is 1. The third-order valence-electron chi connectivity index (χ3n) is 2.46. The van der Waals surface area contributed by atoms with Gasteiger partial charge >= 0.3 is 6.36 Å². The summed E-state index contributed by atoms with van der Waals surface area (Å²) in [4.78, 5) is -0.197. The minimum absolute atomic E-state index is 0.197. The molecule has 0 aromatic heterocycles. The molecule has 1 N–H and O–H groups in total. The van der Waals surface area contributed by atoms with Crippen molar-refractivity contribution in [3.63, 3.8) is 0 Å². The monoisotopic (exact) mass is 351 g/mol. The lowest BCUT2D eigenvalue weighted by Gasteiger charge is -2.10. The Morgan fingerprint density at radius 3 is 2.00 bits per heavy atom. The number of halogens is 4. The summed E-state index contributed by atoms with van der Waals surface area (Å²) >= 11 is 5.69. The number of hydrogen-bond acceptors (Lipinski definition) is 3. The Bertz CT molecular complexity index is 744. The maximum absolute atomic E-state index is 12.1. The van der Waals surface area contributed by atoms with Gasteiger partial charge < -0.3 is 4.74 Å². The Balaban J connectivity index is 2.17. The molecule has 0 aliphatic rings. The highest BCUT2D eigenvalue weighted by molar-refractivity contribution is 7.92. The van der Waals surface area contributed by atoms with Crippen molar-refractivity contribution in [2.75, 3.05) is 4.72 Å². The molecule has 9 heteroatoms. The van der Waals surface area contributed by atoms with Crippen LogP contribution in [0, 0.1) is 0 Å². The number of ether oxygens (including phenoxy) is 1. The third-order valence-corrected chi connectivity index (χ3v) is 4.11. The molecule has 0 unspecified atom stereocenters. The van der Waals surface area contributed by atoms with E-state index in [4.69, 9.17) is 11.6 Å². The van der Waals surface area contributed by atoms with Gasteiger partial charge in [0.15, 0.2) is 0 Å². The van der Waals surface area contributed by atoms with Crippen molar-refractivity contribution < 1.29 is 26.3 Å². The van der Waals surface area contributed by atoms with Crippen LogP contribution < -0.4 is 9.46 Å². The van der Waals surface area contributed by atoms with E-state index < -0.39 is 22.1 Å². The van der Waals surface area contributed by atoms with E-state index in [2.05, 4.69) is 9.46 Å². The molecule has 4 nitrogen and oxygen atoms in total. The summed E-state index contributed by atoms with van der Waals surface area (Å²) in [5.74, 6) is -0.502. The molecule has 0 aliphatic carbocycles. The van der Waals surface area contributed by atoms with Gasteiger partial charge in [-0.15, -0.1) is 13.2 Å². The number of hydrogen-bond donors (Lipinski definition) is 1. The first kappa shape index (κ1) is 16.4. The van der Waals surface area contributed by atoms with Crippen LogP contribution in [0.5, 0.6) is 5.75 Å². The van der Waals surface area contributed by atoms with Crippen LogP contribution >= 0.6 is 11.6 Å². The second-order valence-corrected chi connectivity index (χ2v) is 6.25. The summed E-state index contributed by atoms with van der Waals surface area (Å²) in [6, 6.07) is 9.79. The topological polar surface area (TPSA) is 55.4 Å². The molecule has 0 aliphatic heterocycles. The minimum atomic E-state index is -4.83. The molecular formula is C13H9ClF3NO3S. The predicted octanol–water partition coefficient (Wildman–Crippen LogP) is 4.04. The van der Waals surface area contributed by atoms with Crippen molar-refractivity contribution in [3.8, 4) is 5.75 Å². The number of benzene rings is 2. The van der Waals surface area contributed by atoms with Crippen LogP contribution in [0.3, 0.4) is 0 Å². The summed E-state index contributed by atoms with van der Waals surface area (Å²) in [7, 11) is -3.92. The van der Waals surface area contributed by atoms with Crippen molar-refractivity contribution in [2.24, 2.45) is 0 Å². The zero-order valence-corrected chi connectivity index (χ0v) is 12.3. The second kappa shape index (κ2) is 6.05. The Labute approximate surface area is 129 Å². The van der Waals surface area contributed by atoms with E-state index in [0.717, 1.165) is 24.3 Å². The number of sulfonamides is 1. The molecule has 0 heterocycles. The first-order valence-corrected chi connectivity index (χ1v) is 7.66. The van der Waals surface area contributed by atoms with Gasteiger partial charge in [0.2, 0.25) is 0 Å². The summed E-state index contributed by atoms with van der Waals surface area (Å²) < 4.78 is 66.2. The molecule has 22 heavy (non-hydrogen) atoms. The standard InChI is InChI=1S/C13H9ClF3NO3S/c14-9-1-3-10(4-2-9)18-22(19,20)12-7-5-11(6-8-12)21-13(15,16)17/h1-8,18H. The largest absolute Gasteiger partial charge is 0.573 e. The maximum Gasteiger partial charge on any atom is 0.573 e. The van der Waals surface area contributed by atoms with Crippen molar-refractivity contribution in [2.45, 2.75) is 11.3 Å². The summed E-state index contributed by atoms with van der Waals surface area (Å²) in [5.41, 5.74) is 0.278. The normalized spacial score (nSPS) is 12.0. The van der Waals surface area contributed by atoms with E-state index in [1.807, 2.05) is 0 Å². The molecular weight excluding hydrogens is 343 g/mol. The highest BCUT2D eigenvalue weighted by Crippen LogP contribution is 2.25. The number of anilines is 1. The minimum Gasteiger partial charge on any atom is -0.406 e. The molecule has 2 aromatic rings. The van der Waals surface area contributed by atoms with E-state index in [1.54, 1.807) is 0 Å². The van der Waals surface area contributed by atoms with Gasteiger partial charge in [-0.25, -0.2) is 8.42 Å². The summed E-state index contributed by atoms with van der Waals surface area (Å²) in [6.45, 7) is 0. The van der Waals surface area contributed by atoms with Gasteiger partial charge in [-0.1, -0.05) is 11.6 Å². The average molecular weight is 352 g/mol. The Kier molecular flexibility index (Phi) is 4.52. The van der Waals surface area contributed by atoms with E-state index in [-0.39, 0.29) is 10.6 Å². The third kappa shape index (κ3) is 4.54. The van der Waals surface area contributed by atoms with Crippen molar-refractivity contribution in [1.82, 2.24) is 0 Å². The molecule has 0 saturated heterocycles. The average Bonchev–Trinajstić information content (AvgIpc) is 2.40. The molecule has 0 radical (unpaired) electrons. The molecule has 2 rings (SSSR count). The second-order valence-electron chi connectivity index (χ2n) is 4.13. The Hall–Kier alpha value is -1.93. The van der Waals surface area contributed by atoms with E-state index in [0.29, 0.717) is 5.02 Å². The van der Waals surface area contributed by atoms with Crippen molar-refractivity contribution >= 4 is 27.3 Å². The SMILES string of the molecule is O=S(=O)(Nc1ccc(Cl)cc1)c1ccc(OC(F)(F)F)cc1. The van der Waals surface area contributed by atoms with Gasteiger partial charge in [0.1, 0.15) is 5.75 Å². The smallest absolute Gasteiger partial charge is 0.406 e. The lowest BCUT2D eigenvalue weighted by Crippen LogP contribution is -2.17. The first-order valence-electron chi connectivity index (χ1n) is 5.80. The van der Waals surface area contributed by atoms with Gasteiger partial charge in [0, 0.05) is 10.7 Å². The Morgan fingerprint density at radius 2 is 1.50 bits per heavy atom. The summed E-state index contributed by atoms with van der Waals surface area (Å²) in [6.07, 6.45) is -4.83. The van der Waals surface area contributed by atoms with Crippen LogP contribution in [0.4, 0.5) is 18.9 Å². The van der Waals surface area contributed by atoms with Gasteiger partial charge in [-0.2, -0.15) is 0 Å². The molecule has 0 spiro atoms. The highest BCUT2D eigenvalue weighted by atomic mass is 35.5. The zero-order valence-electron chi connectivity index (χ0n) is 10.8. The van der Waals surface area contributed by atoms with Gasteiger partial charge in [0.25, 0.3) is 10.0 Å². The molecule has 0 bridgehead atoms. The van der Waals surface area contributed by atoms with Crippen molar-refractivity contribution in [3.05, 3.63) is 53.6 Å². The summed E-state index contributed by atoms with van der Waals surface area (Å²) in [5, 5.41) is 0.441. The van der Waals surface area contributed by atoms with E-state index in [1.165, 1.54) is 24.3 Å². The zero-order chi connectivity index (χ0) is 16.4. The van der Waals surface area contributed by atoms with Gasteiger partial charge in [-0.05, 0) is 48.5 Å². The number of rotatable bonds is 4. The van der Waals surface area contributed by atoms with E-state index >= 15 is 0 Å². The predicted molar refractivity (Wildman–Crippen MR) is 75.4 cm³/mol. The lowest BCUT2D eigenvalue weighted by molar-refractivity contribution is -0.274. The van der Waals surface area contributed by atoms with Crippen LogP contribution in [0.1, 0.15) is 0 Å². The quantitative estimate of drug-likeness (QED) is 0.904. The highest BCUT2D eigenvalue weighted by Gasteiger charge is 2.31. The maximum atomic E-state index is 12.1. The molecule has 118 valence electrons. The Morgan fingerprint density at radius 1 is 0.955 bits per heavy atom. The van der Waals surface area contributed by atoms with E-state index in [9.17, 15) is 21.6 Å². The van der Waals surface area contributed by atoms with Crippen LogP contribution in [0.25, 0.3) is 0 Å². The van der Waals surface area contributed by atoms with Crippen molar-refractivity contribution in [1.29, 1.82) is 0 Å². The fraction of sp³-hybridized carbons (Fsp3) is 0.0769. The van der Waals surface area contributed by atoms with Gasteiger partial charge in [-0.3, -0.25) is 4.72 Å². The van der Waals surface area contributed by atoms with Gasteiger partial charge in [0.05, 0.1) is 4.90 Å². The van der Waals surface area contributed by atoms with Crippen LogP contribution in [-0.4, -0.2) is 14.8 Å². The molecule has 2 aromatic carbocycles. The lowest BCUT2D eigenvalue weighted by atomic mass is 10.3. The molecule has 0 fully saturated rings. The number of alkyl halides is 3. The molecule has 0 amide bonds. The first-order chi connectivity index (χ1) is 10.2. The van der Waals surface area contributed by atoms with Crippen LogP contribution in [0.2, 0.25) is 5.02 Å². The molecule has 0 saturated carbocycles. The molecule has 0 atom stereocenters. The fourth-order valence-corrected chi connectivity index (χ4v) is 2.74. The van der Waals surface area contributed by atoms with Crippen LogP contribution in [-0.2, 0) is 10.0 Å². The fourth-order valence-electron chi connectivity index (χ4n) is 1.55. The van der Waals surface area contributed by atoms with Crippen LogP contribution in [0.15, 0.2) is 53.4 Å².